The van der Waals surface area contributed by atoms with E-state index in [-0.39, 0.29) is 17.9 Å². The van der Waals surface area contributed by atoms with Crippen molar-refractivity contribution in [2.45, 2.75) is 52.2 Å². The molecule has 0 saturated heterocycles. The topological polar surface area (TPSA) is 122 Å². The number of benzene rings is 2. The number of nitrogens with zero attached hydrogens (tertiary/aromatic N) is 3. The molecule has 0 aliphatic heterocycles. The largest absolute Gasteiger partial charge is 0.477 e. The minimum atomic E-state index is -1.14. The molecule has 0 saturated carbocycles. The number of H-pyrrole nitrogens is 1. The highest BCUT2D eigenvalue weighted by atomic mass is 19.1. The third-order valence-electron chi connectivity index (χ3n) is 7.82. The number of halogens is 1. The first-order valence-electron chi connectivity index (χ1n) is 15.0. The summed E-state index contributed by atoms with van der Waals surface area (Å²) >= 11 is 0. The quantitative estimate of drug-likeness (QED) is 0.164. The molecule has 10 heteroatoms. The monoisotopic (exact) mass is 619 g/mol. The van der Waals surface area contributed by atoms with Crippen LogP contribution in [0.5, 0.6) is 0 Å². The zero-order valence-electron chi connectivity index (χ0n) is 26.0. The lowest BCUT2D eigenvalue weighted by Gasteiger charge is -2.25. The Bertz CT molecular complexity index is 2090. The number of imidazole rings is 1. The summed E-state index contributed by atoms with van der Waals surface area (Å²) in [4.78, 5) is 38.0. The van der Waals surface area contributed by atoms with Crippen LogP contribution in [0.4, 0.5) is 9.18 Å². The van der Waals surface area contributed by atoms with Gasteiger partial charge in [0, 0.05) is 58.1 Å². The highest BCUT2D eigenvalue weighted by Crippen LogP contribution is 2.35. The summed E-state index contributed by atoms with van der Waals surface area (Å²) in [5.74, 6) is -1.46. The molecule has 46 heavy (non-hydrogen) atoms. The smallest absolute Gasteiger partial charge is 0.407 e. The highest BCUT2D eigenvalue weighted by molar-refractivity contribution is 5.88. The third kappa shape index (κ3) is 6.19. The number of fused-ring (bicyclic) bond motifs is 2. The Balaban J connectivity index is 1.52. The van der Waals surface area contributed by atoms with Crippen LogP contribution in [0.2, 0.25) is 0 Å². The molecule has 234 valence electrons. The number of carboxylic acid groups (broad SMARTS) is 1. The second-order valence-corrected chi connectivity index (χ2v) is 12.3. The number of nitrogens with one attached hydrogen (secondary N) is 2. The van der Waals surface area contributed by atoms with Crippen molar-refractivity contribution in [2.75, 3.05) is 0 Å². The summed E-state index contributed by atoms with van der Waals surface area (Å²) in [6.45, 7) is 7.09. The molecular formula is C36H34FN5O4. The number of carboxylic acids is 1. The van der Waals surface area contributed by atoms with Crippen LogP contribution < -0.4 is 5.32 Å². The Kier molecular flexibility index (Phi) is 8.04. The first kappa shape index (κ1) is 30.5. The maximum atomic E-state index is 14.2. The standard InChI is InChI=1S/C36H34FN5O4/c1-21-16-22(11-13-28(21)37)33-27(9-7-15-38-33)26-12-14-32-40-20-31(34(43)44)42(32)30(26)18-24(41-35(45)46-36(2,3)4)17-23-19-39-29-10-6-5-8-25(23)29/h5-16,19-20,24,39H,17-18H2,1-4H3,(H,41,45)(H,43,44). The first-order chi connectivity index (χ1) is 22.0. The van der Waals surface area contributed by atoms with Gasteiger partial charge in [0.25, 0.3) is 0 Å². The van der Waals surface area contributed by atoms with E-state index in [1.807, 2.05) is 42.6 Å². The number of carbonyl (C=O) groups is 2. The molecule has 4 heterocycles. The Morgan fingerprint density at radius 2 is 1.83 bits per heavy atom. The van der Waals surface area contributed by atoms with E-state index >= 15 is 0 Å². The predicted octanol–water partition coefficient (Wildman–Crippen LogP) is 7.37. The summed E-state index contributed by atoms with van der Waals surface area (Å²) in [6.07, 6.45) is 4.98. The van der Waals surface area contributed by atoms with Crippen molar-refractivity contribution in [3.63, 3.8) is 0 Å². The zero-order valence-corrected chi connectivity index (χ0v) is 26.0. The number of pyridine rings is 2. The molecule has 9 nitrogen and oxygen atoms in total. The predicted molar refractivity (Wildman–Crippen MR) is 174 cm³/mol. The van der Waals surface area contributed by atoms with Crippen molar-refractivity contribution in [2.24, 2.45) is 0 Å². The maximum Gasteiger partial charge on any atom is 0.407 e. The van der Waals surface area contributed by atoms with Crippen molar-refractivity contribution in [1.82, 2.24) is 24.7 Å². The maximum absolute atomic E-state index is 14.2. The van der Waals surface area contributed by atoms with Crippen LogP contribution in [0.25, 0.3) is 38.9 Å². The average Bonchev–Trinajstić information content (AvgIpc) is 3.63. The van der Waals surface area contributed by atoms with Gasteiger partial charge in [-0.1, -0.05) is 24.3 Å². The number of ether oxygens (including phenoxy) is 1. The van der Waals surface area contributed by atoms with Gasteiger partial charge in [-0.25, -0.2) is 19.0 Å². The molecule has 0 aliphatic carbocycles. The van der Waals surface area contributed by atoms with Crippen molar-refractivity contribution in [3.8, 4) is 22.4 Å². The van der Waals surface area contributed by atoms with E-state index in [1.165, 1.54) is 12.3 Å². The van der Waals surface area contributed by atoms with E-state index in [0.29, 0.717) is 40.1 Å². The van der Waals surface area contributed by atoms with E-state index in [0.717, 1.165) is 22.0 Å². The van der Waals surface area contributed by atoms with Crippen LogP contribution in [0.3, 0.4) is 0 Å². The molecule has 1 atom stereocenters. The molecule has 2 aromatic carbocycles. The first-order valence-corrected chi connectivity index (χ1v) is 15.0. The minimum absolute atomic E-state index is 0.0157. The number of amides is 1. The van der Waals surface area contributed by atoms with Gasteiger partial charge < -0.3 is 20.1 Å². The second-order valence-electron chi connectivity index (χ2n) is 12.3. The summed E-state index contributed by atoms with van der Waals surface area (Å²) < 4.78 is 21.5. The molecule has 1 amide bonds. The molecule has 0 radical (unpaired) electrons. The van der Waals surface area contributed by atoms with Crippen molar-refractivity contribution in [3.05, 3.63) is 114 Å². The van der Waals surface area contributed by atoms with Crippen LogP contribution in [0.15, 0.2) is 85.3 Å². The number of para-hydroxylation sites is 1. The Hall–Kier alpha value is -5.51. The Labute approximate surface area is 265 Å². The number of hydrogen-bond acceptors (Lipinski definition) is 5. The number of alkyl carbamates (subject to hydrolysis) is 1. The molecule has 0 aliphatic rings. The van der Waals surface area contributed by atoms with Crippen LogP contribution in [0, 0.1) is 12.7 Å². The summed E-state index contributed by atoms with van der Waals surface area (Å²) in [5, 5.41) is 14.3. The lowest BCUT2D eigenvalue weighted by molar-refractivity contribution is 0.0502. The van der Waals surface area contributed by atoms with Gasteiger partial charge in [0.05, 0.1) is 11.9 Å². The van der Waals surface area contributed by atoms with E-state index in [1.54, 1.807) is 62.6 Å². The van der Waals surface area contributed by atoms with Crippen molar-refractivity contribution >= 4 is 28.6 Å². The van der Waals surface area contributed by atoms with Gasteiger partial charge in [-0.3, -0.25) is 9.38 Å². The van der Waals surface area contributed by atoms with Gasteiger partial charge in [0.1, 0.15) is 17.1 Å². The van der Waals surface area contributed by atoms with Crippen LogP contribution in [-0.4, -0.2) is 48.2 Å². The van der Waals surface area contributed by atoms with Crippen molar-refractivity contribution < 1.29 is 23.8 Å². The molecule has 4 aromatic heterocycles. The van der Waals surface area contributed by atoms with Crippen LogP contribution >= 0.6 is 0 Å². The summed E-state index contributed by atoms with van der Waals surface area (Å²) in [5.41, 5.74) is 5.50. The highest BCUT2D eigenvalue weighted by Gasteiger charge is 2.26. The third-order valence-corrected chi connectivity index (χ3v) is 7.82. The summed E-state index contributed by atoms with van der Waals surface area (Å²) in [6, 6.07) is 19.6. The number of carbonyl (C=O) groups excluding carboxylic acids is 1. The van der Waals surface area contributed by atoms with Crippen LogP contribution in [-0.2, 0) is 17.6 Å². The van der Waals surface area contributed by atoms with Gasteiger partial charge in [0.15, 0.2) is 5.69 Å². The number of rotatable bonds is 8. The van der Waals surface area contributed by atoms with Crippen LogP contribution in [0.1, 0.15) is 48.1 Å². The fraction of sp³-hybridized carbons (Fsp3) is 0.222. The lowest BCUT2D eigenvalue weighted by atomic mass is 9.93. The molecule has 3 N–H and O–H groups in total. The van der Waals surface area contributed by atoms with E-state index in [4.69, 9.17) is 4.74 Å². The zero-order chi connectivity index (χ0) is 32.6. The van der Waals surface area contributed by atoms with Gasteiger partial charge >= 0.3 is 12.1 Å². The molecule has 0 spiro atoms. The molecule has 0 bridgehead atoms. The fourth-order valence-electron chi connectivity index (χ4n) is 5.83. The second kappa shape index (κ2) is 12.1. The van der Waals surface area contributed by atoms with Gasteiger partial charge in [-0.2, -0.15) is 0 Å². The molecule has 1 unspecified atom stereocenters. The number of aromatic nitrogens is 4. The summed E-state index contributed by atoms with van der Waals surface area (Å²) in [7, 11) is 0. The molecule has 6 rings (SSSR count). The Morgan fingerprint density at radius 1 is 1.02 bits per heavy atom. The van der Waals surface area contributed by atoms with Crippen molar-refractivity contribution in [1.29, 1.82) is 0 Å². The average molecular weight is 620 g/mol. The van der Waals surface area contributed by atoms with Gasteiger partial charge in [-0.05, 0) is 87.7 Å². The fourth-order valence-corrected chi connectivity index (χ4v) is 5.83. The number of aromatic amines is 1. The molecule has 0 fully saturated rings. The number of aromatic carboxylic acids is 1. The van der Waals surface area contributed by atoms with E-state index < -0.39 is 23.7 Å². The number of hydrogen-bond donors (Lipinski definition) is 3. The Morgan fingerprint density at radius 3 is 2.59 bits per heavy atom. The van der Waals surface area contributed by atoms with Gasteiger partial charge in [-0.15, -0.1) is 0 Å². The molecular weight excluding hydrogens is 585 g/mol. The van der Waals surface area contributed by atoms with E-state index in [9.17, 15) is 19.1 Å². The SMILES string of the molecule is Cc1cc(-c2ncccc2-c2ccc3ncc(C(=O)O)n3c2CC(Cc2c[nH]c3ccccc23)NC(=O)OC(C)(C)C)ccc1F. The number of aryl methyl sites for hydroxylation is 1. The van der Waals surface area contributed by atoms with Gasteiger partial charge in [0.2, 0.25) is 0 Å². The normalized spacial score (nSPS) is 12.4. The lowest BCUT2D eigenvalue weighted by Crippen LogP contribution is -2.41. The minimum Gasteiger partial charge on any atom is -0.477 e. The van der Waals surface area contributed by atoms with E-state index in [2.05, 4.69) is 20.3 Å². The molecule has 6 aromatic rings.